The Balaban J connectivity index is 2.27. The molecule has 0 aliphatic heterocycles. The van der Waals surface area contributed by atoms with Crippen molar-refractivity contribution in [3.05, 3.63) is 35.9 Å². The molecule has 0 aliphatic carbocycles. The number of ether oxygens (including phenoxy) is 1. The third-order valence-corrected chi connectivity index (χ3v) is 2.70. The lowest BCUT2D eigenvalue weighted by Crippen LogP contribution is -2.05. The van der Waals surface area contributed by atoms with Crippen molar-refractivity contribution in [3.8, 4) is 11.6 Å². The third kappa shape index (κ3) is 3.66. The maximum absolute atomic E-state index is 5.76. The molecule has 2 heterocycles. The number of hydrogen-bond donors (Lipinski definition) is 1. The van der Waals surface area contributed by atoms with Crippen LogP contribution in [0.15, 0.2) is 24.4 Å². The Kier molecular flexibility index (Phi) is 4.50. The molecular weight excluding hydrogens is 252 g/mol. The van der Waals surface area contributed by atoms with Crippen LogP contribution in [0.3, 0.4) is 0 Å². The molecule has 0 fully saturated rings. The molecule has 0 atom stereocenters. The van der Waals surface area contributed by atoms with E-state index in [0.717, 1.165) is 23.9 Å². The van der Waals surface area contributed by atoms with E-state index in [9.17, 15) is 0 Å². The van der Waals surface area contributed by atoms with Crippen LogP contribution in [0.2, 0.25) is 0 Å². The topological polar surface area (TPSA) is 59.9 Å². The van der Waals surface area contributed by atoms with Crippen molar-refractivity contribution >= 4 is 5.82 Å². The highest BCUT2D eigenvalue weighted by molar-refractivity contribution is 5.40. The number of nitrogens with zero attached hydrogens (tertiary/aromatic N) is 3. The van der Waals surface area contributed by atoms with Gasteiger partial charge in [-0.2, -0.15) is 4.98 Å². The summed E-state index contributed by atoms with van der Waals surface area (Å²) in [6, 6.07) is 5.59. The highest BCUT2D eigenvalue weighted by Gasteiger charge is 2.09. The normalized spacial score (nSPS) is 10.7. The number of nitrogens with one attached hydrogen (secondary N) is 1. The summed E-state index contributed by atoms with van der Waals surface area (Å²) in [5.41, 5.74) is 0.955. The van der Waals surface area contributed by atoms with E-state index < -0.39 is 0 Å². The molecule has 0 aromatic carbocycles. The molecule has 0 radical (unpaired) electrons. The molecule has 2 aromatic heterocycles. The SMILES string of the molecule is CCNc1cc(Oc2ccc(C)nc2)nc(C(C)C)n1. The molecule has 106 valence electrons. The van der Waals surface area contributed by atoms with Gasteiger partial charge in [0, 0.05) is 24.2 Å². The number of hydrogen-bond acceptors (Lipinski definition) is 5. The van der Waals surface area contributed by atoms with Crippen molar-refractivity contribution in [1.82, 2.24) is 15.0 Å². The highest BCUT2D eigenvalue weighted by Crippen LogP contribution is 2.23. The number of rotatable bonds is 5. The van der Waals surface area contributed by atoms with Crippen LogP contribution in [0.5, 0.6) is 11.6 Å². The second kappa shape index (κ2) is 6.32. The summed E-state index contributed by atoms with van der Waals surface area (Å²) in [6.45, 7) is 8.89. The fraction of sp³-hybridized carbons (Fsp3) is 0.400. The predicted octanol–water partition coefficient (Wildman–Crippen LogP) is 3.53. The lowest BCUT2D eigenvalue weighted by Gasteiger charge is -2.11. The Labute approximate surface area is 119 Å². The molecule has 2 aromatic rings. The zero-order valence-electron chi connectivity index (χ0n) is 12.3. The standard InChI is InChI=1S/C15H20N4O/c1-5-16-13-8-14(19-15(18-13)10(2)3)20-12-7-6-11(4)17-9-12/h6-10H,5H2,1-4H3,(H,16,18,19). The third-order valence-electron chi connectivity index (χ3n) is 2.70. The van der Waals surface area contributed by atoms with E-state index in [2.05, 4.69) is 34.1 Å². The van der Waals surface area contributed by atoms with Gasteiger partial charge < -0.3 is 10.1 Å². The van der Waals surface area contributed by atoms with Crippen molar-refractivity contribution < 1.29 is 4.74 Å². The van der Waals surface area contributed by atoms with E-state index in [0.29, 0.717) is 11.6 Å². The fourth-order valence-electron chi connectivity index (χ4n) is 1.66. The Hall–Kier alpha value is -2.17. The summed E-state index contributed by atoms with van der Waals surface area (Å²) < 4.78 is 5.76. The van der Waals surface area contributed by atoms with E-state index in [-0.39, 0.29) is 5.92 Å². The first kappa shape index (κ1) is 14.2. The first-order chi connectivity index (χ1) is 9.58. The van der Waals surface area contributed by atoms with Gasteiger partial charge in [0.1, 0.15) is 17.4 Å². The van der Waals surface area contributed by atoms with Gasteiger partial charge in [0.05, 0.1) is 6.20 Å². The van der Waals surface area contributed by atoms with Crippen LogP contribution >= 0.6 is 0 Å². The summed E-state index contributed by atoms with van der Waals surface area (Å²) in [7, 11) is 0. The maximum Gasteiger partial charge on any atom is 0.224 e. The molecule has 0 amide bonds. The summed E-state index contributed by atoms with van der Waals surface area (Å²) in [5.74, 6) is 2.99. The highest BCUT2D eigenvalue weighted by atomic mass is 16.5. The lowest BCUT2D eigenvalue weighted by atomic mass is 10.2. The summed E-state index contributed by atoms with van der Waals surface area (Å²) in [5, 5.41) is 3.19. The molecule has 0 spiro atoms. The number of anilines is 1. The van der Waals surface area contributed by atoms with E-state index in [4.69, 9.17) is 4.74 Å². The molecular formula is C15H20N4O. The van der Waals surface area contributed by atoms with Crippen LogP contribution in [-0.4, -0.2) is 21.5 Å². The number of aryl methyl sites for hydroxylation is 1. The minimum atomic E-state index is 0.243. The first-order valence-electron chi connectivity index (χ1n) is 6.82. The minimum absolute atomic E-state index is 0.243. The van der Waals surface area contributed by atoms with Gasteiger partial charge in [-0.25, -0.2) is 4.98 Å². The van der Waals surface area contributed by atoms with E-state index in [1.165, 1.54) is 0 Å². The number of aromatic nitrogens is 3. The predicted molar refractivity (Wildman–Crippen MR) is 79.3 cm³/mol. The van der Waals surface area contributed by atoms with Crippen LogP contribution in [-0.2, 0) is 0 Å². The first-order valence-corrected chi connectivity index (χ1v) is 6.82. The quantitative estimate of drug-likeness (QED) is 0.902. The lowest BCUT2D eigenvalue weighted by molar-refractivity contribution is 0.455. The summed E-state index contributed by atoms with van der Waals surface area (Å²) in [4.78, 5) is 13.1. The Morgan fingerprint density at radius 1 is 1.25 bits per heavy atom. The Morgan fingerprint density at radius 3 is 2.65 bits per heavy atom. The zero-order valence-corrected chi connectivity index (χ0v) is 12.3. The van der Waals surface area contributed by atoms with Crippen molar-refractivity contribution in [1.29, 1.82) is 0 Å². The van der Waals surface area contributed by atoms with Crippen LogP contribution in [0.4, 0.5) is 5.82 Å². The Bertz CT molecular complexity index is 567. The van der Waals surface area contributed by atoms with Gasteiger partial charge in [0.15, 0.2) is 0 Å². The maximum atomic E-state index is 5.76. The van der Waals surface area contributed by atoms with Gasteiger partial charge in [0.25, 0.3) is 0 Å². The molecule has 0 aliphatic rings. The van der Waals surface area contributed by atoms with Gasteiger partial charge in [-0.1, -0.05) is 13.8 Å². The fourth-order valence-corrected chi connectivity index (χ4v) is 1.66. The molecule has 2 rings (SSSR count). The van der Waals surface area contributed by atoms with Crippen LogP contribution in [0, 0.1) is 6.92 Å². The van der Waals surface area contributed by atoms with Crippen LogP contribution < -0.4 is 10.1 Å². The van der Waals surface area contributed by atoms with Gasteiger partial charge in [-0.15, -0.1) is 0 Å². The van der Waals surface area contributed by atoms with Crippen molar-refractivity contribution in [3.63, 3.8) is 0 Å². The van der Waals surface area contributed by atoms with Gasteiger partial charge in [0.2, 0.25) is 5.88 Å². The molecule has 0 saturated heterocycles. The largest absolute Gasteiger partial charge is 0.437 e. The summed E-state index contributed by atoms with van der Waals surface area (Å²) in [6.07, 6.45) is 1.69. The van der Waals surface area contributed by atoms with E-state index in [1.807, 2.05) is 26.0 Å². The molecule has 5 heteroatoms. The van der Waals surface area contributed by atoms with E-state index >= 15 is 0 Å². The average Bonchev–Trinajstić information content (AvgIpc) is 2.41. The molecule has 0 bridgehead atoms. The van der Waals surface area contributed by atoms with Crippen molar-refractivity contribution in [2.45, 2.75) is 33.6 Å². The van der Waals surface area contributed by atoms with Gasteiger partial charge >= 0.3 is 0 Å². The molecule has 1 N–H and O–H groups in total. The van der Waals surface area contributed by atoms with E-state index in [1.54, 1.807) is 12.3 Å². The molecule has 20 heavy (non-hydrogen) atoms. The second-order valence-corrected chi connectivity index (χ2v) is 4.87. The Morgan fingerprint density at radius 2 is 2.05 bits per heavy atom. The van der Waals surface area contributed by atoms with Gasteiger partial charge in [-0.05, 0) is 26.0 Å². The molecule has 0 unspecified atom stereocenters. The zero-order chi connectivity index (χ0) is 14.5. The van der Waals surface area contributed by atoms with Crippen LogP contribution in [0.25, 0.3) is 0 Å². The minimum Gasteiger partial charge on any atom is -0.437 e. The summed E-state index contributed by atoms with van der Waals surface area (Å²) >= 11 is 0. The van der Waals surface area contributed by atoms with Crippen molar-refractivity contribution in [2.24, 2.45) is 0 Å². The smallest absolute Gasteiger partial charge is 0.224 e. The monoisotopic (exact) mass is 272 g/mol. The van der Waals surface area contributed by atoms with Crippen molar-refractivity contribution in [2.75, 3.05) is 11.9 Å². The second-order valence-electron chi connectivity index (χ2n) is 4.87. The average molecular weight is 272 g/mol. The number of pyridine rings is 1. The molecule has 0 saturated carbocycles. The van der Waals surface area contributed by atoms with Gasteiger partial charge in [-0.3, -0.25) is 4.98 Å². The molecule has 5 nitrogen and oxygen atoms in total. The van der Waals surface area contributed by atoms with Crippen LogP contribution in [0.1, 0.15) is 38.2 Å².